The first-order valence-corrected chi connectivity index (χ1v) is 7.46. The Morgan fingerprint density at radius 1 is 1.22 bits per heavy atom. The van der Waals surface area contributed by atoms with Crippen LogP contribution in [0.4, 0.5) is 0 Å². The second kappa shape index (κ2) is 5.21. The quantitative estimate of drug-likeness (QED) is 0.915. The molecule has 1 fully saturated rings. The fraction of sp³-hybridized carbons (Fsp3) is 0.400. The lowest BCUT2D eigenvalue weighted by Gasteiger charge is -2.12. The molecule has 1 saturated carbocycles. The van der Waals surface area contributed by atoms with Crippen molar-refractivity contribution in [2.75, 3.05) is 0 Å². The van der Waals surface area contributed by atoms with Crippen molar-refractivity contribution in [1.29, 1.82) is 0 Å². The zero-order chi connectivity index (χ0) is 12.4. The van der Waals surface area contributed by atoms with Gasteiger partial charge in [-0.3, -0.25) is 0 Å². The first-order chi connectivity index (χ1) is 8.83. The number of hydrogen-bond acceptors (Lipinski definition) is 3. The Morgan fingerprint density at radius 3 is 2.78 bits per heavy atom. The minimum absolute atomic E-state index is 0.383. The summed E-state index contributed by atoms with van der Waals surface area (Å²) < 4.78 is 0. The van der Waals surface area contributed by atoms with Gasteiger partial charge in [0, 0.05) is 23.4 Å². The summed E-state index contributed by atoms with van der Waals surface area (Å²) in [5.74, 6) is 0.639. The molecule has 0 spiro atoms. The van der Waals surface area contributed by atoms with Crippen LogP contribution in [0.2, 0.25) is 0 Å². The van der Waals surface area contributed by atoms with Gasteiger partial charge in [-0.1, -0.05) is 36.8 Å². The first kappa shape index (κ1) is 11.9. The number of nitrogens with zero attached hydrogens (tertiary/aromatic N) is 1. The normalized spacial score (nSPS) is 23.4. The second-order valence-electron chi connectivity index (χ2n) is 5.05. The maximum absolute atomic E-state index is 6.12. The van der Waals surface area contributed by atoms with Crippen LogP contribution in [0, 0.1) is 5.92 Å². The molecule has 3 heteroatoms. The van der Waals surface area contributed by atoms with E-state index in [4.69, 9.17) is 10.7 Å². The summed E-state index contributed by atoms with van der Waals surface area (Å²) in [6.45, 7) is 0. The molecule has 0 amide bonds. The van der Waals surface area contributed by atoms with E-state index in [-0.39, 0.29) is 0 Å². The van der Waals surface area contributed by atoms with Crippen LogP contribution in [0.25, 0.3) is 11.3 Å². The molecule has 0 bridgehead atoms. The molecule has 1 aromatic carbocycles. The Kier molecular flexibility index (Phi) is 3.43. The van der Waals surface area contributed by atoms with E-state index in [2.05, 4.69) is 29.6 Å². The standard InChI is InChI=1S/C15H18N2S/c16-13-8-4-7-12(13)9-15-17-14(10-18-15)11-5-2-1-3-6-11/h1-3,5-6,10,12-13H,4,7-9,16H2. The number of nitrogens with two attached hydrogens (primary N) is 1. The molecule has 18 heavy (non-hydrogen) atoms. The van der Waals surface area contributed by atoms with Crippen molar-refractivity contribution in [2.45, 2.75) is 31.7 Å². The summed E-state index contributed by atoms with van der Waals surface area (Å²) in [5, 5.41) is 3.39. The lowest BCUT2D eigenvalue weighted by Crippen LogP contribution is -2.25. The largest absolute Gasteiger partial charge is 0.327 e. The van der Waals surface area contributed by atoms with E-state index in [9.17, 15) is 0 Å². The van der Waals surface area contributed by atoms with E-state index in [0.717, 1.165) is 12.1 Å². The van der Waals surface area contributed by atoms with Crippen LogP contribution >= 0.6 is 11.3 Å². The Hall–Kier alpha value is -1.19. The molecule has 1 aliphatic carbocycles. The van der Waals surface area contributed by atoms with Crippen molar-refractivity contribution >= 4 is 11.3 Å². The van der Waals surface area contributed by atoms with Crippen molar-refractivity contribution in [3.05, 3.63) is 40.7 Å². The van der Waals surface area contributed by atoms with Crippen molar-refractivity contribution in [3.8, 4) is 11.3 Å². The van der Waals surface area contributed by atoms with Crippen LogP contribution in [0.3, 0.4) is 0 Å². The van der Waals surface area contributed by atoms with E-state index in [0.29, 0.717) is 12.0 Å². The predicted molar refractivity (Wildman–Crippen MR) is 76.6 cm³/mol. The van der Waals surface area contributed by atoms with Crippen LogP contribution in [0.15, 0.2) is 35.7 Å². The number of thiazole rings is 1. The van der Waals surface area contributed by atoms with Gasteiger partial charge in [0.1, 0.15) is 0 Å². The molecule has 2 atom stereocenters. The monoisotopic (exact) mass is 258 g/mol. The van der Waals surface area contributed by atoms with Crippen molar-refractivity contribution < 1.29 is 0 Å². The third-order valence-corrected chi connectivity index (χ3v) is 4.65. The van der Waals surface area contributed by atoms with Gasteiger partial charge in [-0.15, -0.1) is 11.3 Å². The van der Waals surface area contributed by atoms with Crippen molar-refractivity contribution in [1.82, 2.24) is 4.98 Å². The minimum atomic E-state index is 0.383. The third-order valence-electron chi connectivity index (χ3n) is 3.78. The highest BCUT2D eigenvalue weighted by molar-refractivity contribution is 7.09. The molecule has 1 heterocycles. The molecule has 2 aromatic rings. The first-order valence-electron chi connectivity index (χ1n) is 6.58. The van der Waals surface area contributed by atoms with Crippen LogP contribution in [0.5, 0.6) is 0 Å². The fourth-order valence-corrected chi connectivity index (χ4v) is 3.59. The van der Waals surface area contributed by atoms with Gasteiger partial charge in [0.05, 0.1) is 10.7 Å². The van der Waals surface area contributed by atoms with Gasteiger partial charge in [0.25, 0.3) is 0 Å². The Bertz CT molecular complexity index is 506. The summed E-state index contributed by atoms with van der Waals surface area (Å²) in [6, 6.07) is 10.8. The van der Waals surface area contributed by atoms with Gasteiger partial charge in [0.15, 0.2) is 0 Å². The molecule has 2 N–H and O–H groups in total. The van der Waals surface area contributed by atoms with Crippen LogP contribution in [-0.4, -0.2) is 11.0 Å². The summed E-state index contributed by atoms with van der Waals surface area (Å²) in [6.07, 6.45) is 4.78. The molecule has 1 aliphatic rings. The average molecular weight is 258 g/mol. The molecule has 2 unspecified atom stereocenters. The van der Waals surface area contributed by atoms with E-state index in [1.54, 1.807) is 11.3 Å². The molecule has 2 nitrogen and oxygen atoms in total. The molecular formula is C15H18N2S. The molecule has 0 radical (unpaired) electrons. The Morgan fingerprint density at radius 2 is 2.06 bits per heavy atom. The van der Waals surface area contributed by atoms with E-state index in [1.165, 1.54) is 29.8 Å². The van der Waals surface area contributed by atoms with Gasteiger partial charge in [0.2, 0.25) is 0 Å². The van der Waals surface area contributed by atoms with E-state index >= 15 is 0 Å². The third kappa shape index (κ3) is 2.47. The molecule has 0 aliphatic heterocycles. The summed E-state index contributed by atoms with van der Waals surface area (Å²) in [5.41, 5.74) is 8.43. The van der Waals surface area contributed by atoms with Gasteiger partial charge >= 0.3 is 0 Å². The zero-order valence-corrected chi connectivity index (χ0v) is 11.2. The molecular weight excluding hydrogens is 240 g/mol. The lowest BCUT2D eigenvalue weighted by molar-refractivity contribution is 0.478. The van der Waals surface area contributed by atoms with Gasteiger partial charge in [-0.25, -0.2) is 4.98 Å². The molecule has 0 saturated heterocycles. The smallest absolute Gasteiger partial charge is 0.0935 e. The van der Waals surface area contributed by atoms with Crippen molar-refractivity contribution in [3.63, 3.8) is 0 Å². The van der Waals surface area contributed by atoms with Crippen LogP contribution in [0.1, 0.15) is 24.3 Å². The average Bonchev–Trinajstić information content (AvgIpc) is 3.02. The highest BCUT2D eigenvalue weighted by Gasteiger charge is 2.24. The topological polar surface area (TPSA) is 38.9 Å². The van der Waals surface area contributed by atoms with Gasteiger partial charge in [-0.05, 0) is 18.8 Å². The fourth-order valence-electron chi connectivity index (χ4n) is 2.69. The summed E-state index contributed by atoms with van der Waals surface area (Å²) in [4.78, 5) is 4.74. The predicted octanol–water partition coefficient (Wildman–Crippen LogP) is 3.48. The zero-order valence-electron chi connectivity index (χ0n) is 10.4. The molecule has 3 rings (SSSR count). The summed E-state index contributed by atoms with van der Waals surface area (Å²) in [7, 11) is 0. The van der Waals surface area contributed by atoms with E-state index < -0.39 is 0 Å². The van der Waals surface area contributed by atoms with Crippen LogP contribution in [-0.2, 0) is 6.42 Å². The Labute approximate surface area is 112 Å². The number of rotatable bonds is 3. The Balaban J connectivity index is 1.74. The van der Waals surface area contributed by atoms with Crippen molar-refractivity contribution in [2.24, 2.45) is 11.7 Å². The van der Waals surface area contributed by atoms with E-state index in [1.807, 2.05) is 6.07 Å². The molecule has 1 aromatic heterocycles. The molecule has 94 valence electrons. The number of hydrogen-bond donors (Lipinski definition) is 1. The number of aromatic nitrogens is 1. The highest BCUT2D eigenvalue weighted by atomic mass is 32.1. The van der Waals surface area contributed by atoms with Gasteiger partial charge in [-0.2, -0.15) is 0 Å². The highest BCUT2D eigenvalue weighted by Crippen LogP contribution is 2.30. The number of benzene rings is 1. The SMILES string of the molecule is NC1CCCC1Cc1nc(-c2ccccc2)cs1. The summed E-state index contributed by atoms with van der Waals surface area (Å²) >= 11 is 1.77. The van der Waals surface area contributed by atoms with Crippen LogP contribution < -0.4 is 5.73 Å². The minimum Gasteiger partial charge on any atom is -0.327 e. The second-order valence-corrected chi connectivity index (χ2v) is 5.99. The maximum atomic E-state index is 6.12. The maximum Gasteiger partial charge on any atom is 0.0935 e. The lowest BCUT2D eigenvalue weighted by atomic mass is 10.0. The van der Waals surface area contributed by atoms with Gasteiger partial charge < -0.3 is 5.73 Å².